The van der Waals surface area contributed by atoms with Crippen LogP contribution in [-0.2, 0) is 4.74 Å². The zero-order chi connectivity index (χ0) is 12.4. The Morgan fingerprint density at radius 3 is 2.88 bits per heavy atom. The zero-order valence-electron chi connectivity index (χ0n) is 8.85. The molecule has 0 bridgehead atoms. The van der Waals surface area contributed by atoms with Gasteiger partial charge in [0.1, 0.15) is 5.82 Å². The smallest absolute Gasteiger partial charge is 0.414 e. The van der Waals surface area contributed by atoms with Crippen molar-refractivity contribution in [2.45, 2.75) is 6.42 Å². The number of halogens is 1. The Morgan fingerprint density at radius 2 is 2.24 bits per heavy atom. The number of carboxylic acid groups (broad SMARTS) is 1. The average Bonchev–Trinajstić information content (AvgIpc) is 2.30. The van der Waals surface area contributed by atoms with Crippen molar-refractivity contribution in [1.82, 2.24) is 0 Å². The van der Waals surface area contributed by atoms with E-state index in [9.17, 15) is 14.0 Å². The number of cyclic esters (lactones) is 1. The van der Waals surface area contributed by atoms with Gasteiger partial charge < -0.3 is 9.84 Å². The molecule has 1 amide bonds. The number of carboxylic acids is 1. The number of hydrogen-bond acceptors (Lipinski definition) is 3. The van der Waals surface area contributed by atoms with E-state index in [1.807, 2.05) is 0 Å². The van der Waals surface area contributed by atoms with Crippen molar-refractivity contribution < 1.29 is 23.8 Å². The second-order valence-electron chi connectivity index (χ2n) is 3.59. The van der Waals surface area contributed by atoms with Crippen molar-refractivity contribution in [1.29, 1.82) is 0 Å². The fraction of sp³-hybridized carbons (Fsp3) is 0.273. The van der Waals surface area contributed by atoms with E-state index in [4.69, 9.17) is 9.84 Å². The van der Waals surface area contributed by atoms with Gasteiger partial charge in [0, 0.05) is 12.2 Å². The van der Waals surface area contributed by atoms with Crippen LogP contribution in [0.15, 0.2) is 18.2 Å². The summed E-state index contributed by atoms with van der Waals surface area (Å²) in [4.78, 5) is 23.5. The van der Waals surface area contributed by atoms with E-state index in [0.717, 1.165) is 12.1 Å². The summed E-state index contributed by atoms with van der Waals surface area (Å²) in [6.07, 6.45) is 0.116. The Balaban J connectivity index is 2.35. The molecule has 0 spiro atoms. The van der Waals surface area contributed by atoms with Crippen LogP contribution in [-0.4, -0.2) is 30.3 Å². The van der Waals surface area contributed by atoms with Gasteiger partial charge in [-0.05, 0) is 24.6 Å². The second-order valence-corrected chi connectivity index (χ2v) is 3.59. The first-order valence-corrected chi connectivity index (χ1v) is 5.07. The number of hydrogen-bond donors (Lipinski definition) is 1. The molecule has 1 aromatic carbocycles. The first kappa shape index (κ1) is 11.4. The van der Waals surface area contributed by atoms with Gasteiger partial charge in [-0.1, -0.05) is 0 Å². The van der Waals surface area contributed by atoms with Crippen molar-refractivity contribution in [2.24, 2.45) is 0 Å². The minimum atomic E-state index is -1.37. The number of carbonyl (C=O) groups is 2. The first-order valence-electron chi connectivity index (χ1n) is 5.07. The van der Waals surface area contributed by atoms with E-state index in [1.165, 1.54) is 11.0 Å². The van der Waals surface area contributed by atoms with Gasteiger partial charge in [0.05, 0.1) is 12.2 Å². The number of aromatic carboxylic acids is 1. The highest BCUT2D eigenvalue weighted by atomic mass is 19.1. The molecule has 1 saturated heterocycles. The highest BCUT2D eigenvalue weighted by molar-refractivity contribution is 5.93. The van der Waals surface area contributed by atoms with Crippen LogP contribution in [0.5, 0.6) is 0 Å². The minimum Gasteiger partial charge on any atom is -0.478 e. The highest BCUT2D eigenvalue weighted by Gasteiger charge is 2.23. The van der Waals surface area contributed by atoms with E-state index in [-0.39, 0.29) is 0 Å². The van der Waals surface area contributed by atoms with Gasteiger partial charge in [-0.15, -0.1) is 0 Å². The molecule has 90 valence electrons. The summed E-state index contributed by atoms with van der Waals surface area (Å²) < 4.78 is 18.0. The van der Waals surface area contributed by atoms with Gasteiger partial charge in [0.2, 0.25) is 0 Å². The molecule has 17 heavy (non-hydrogen) atoms. The third kappa shape index (κ3) is 2.20. The molecule has 2 rings (SSSR count). The number of ether oxygens (including phenoxy) is 1. The lowest BCUT2D eigenvalue weighted by Crippen LogP contribution is -2.37. The Labute approximate surface area is 96.4 Å². The molecule has 6 heteroatoms. The maximum absolute atomic E-state index is 13.2. The molecule has 1 aliphatic heterocycles. The van der Waals surface area contributed by atoms with Crippen LogP contribution in [0, 0.1) is 5.82 Å². The number of rotatable bonds is 2. The van der Waals surface area contributed by atoms with Crippen LogP contribution < -0.4 is 4.90 Å². The largest absolute Gasteiger partial charge is 0.478 e. The second kappa shape index (κ2) is 4.40. The molecule has 1 aromatic rings. The molecule has 5 nitrogen and oxygen atoms in total. The van der Waals surface area contributed by atoms with Crippen molar-refractivity contribution in [2.75, 3.05) is 18.1 Å². The van der Waals surface area contributed by atoms with Gasteiger partial charge in [-0.3, -0.25) is 4.90 Å². The normalized spacial score (nSPS) is 15.6. The number of nitrogens with zero attached hydrogens (tertiary/aromatic N) is 1. The van der Waals surface area contributed by atoms with Crippen LogP contribution in [0.4, 0.5) is 14.9 Å². The van der Waals surface area contributed by atoms with E-state index in [0.29, 0.717) is 25.3 Å². The van der Waals surface area contributed by atoms with Crippen molar-refractivity contribution >= 4 is 17.7 Å². The van der Waals surface area contributed by atoms with Gasteiger partial charge in [0.25, 0.3) is 0 Å². The molecule has 0 unspecified atom stereocenters. The first-order chi connectivity index (χ1) is 8.09. The van der Waals surface area contributed by atoms with Crippen LogP contribution in [0.25, 0.3) is 0 Å². The molecule has 1 aliphatic rings. The SMILES string of the molecule is O=C(O)c1cc(N2CCCOC2=O)ccc1F. The van der Waals surface area contributed by atoms with Crippen LogP contribution >= 0.6 is 0 Å². The predicted octanol–water partition coefficient (Wildman–Crippen LogP) is 1.87. The average molecular weight is 239 g/mol. The maximum atomic E-state index is 13.2. The third-order valence-corrected chi connectivity index (χ3v) is 2.46. The van der Waals surface area contributed by atoms with Crippen LogP contribution in [0.2, 0.25) is 0 Å². The molecule has 0 radical (unpaired) electrons. The lowest BCUT2D eigenvalue weighted by atomic mass is 10.1. The summed E-state index contributed by atoms with van der Waals surface area (Å²) in [6, 6.07) is 3.51. The van der Waals surface area contributed by atoms with Gasteiger partial charge in [-0.2, -0.15) is 0 Å². The topological polar surface area (TPSA) is 66.8 Å². The molecular weight excluding hydrogens is 229 g/mol. The standard InChI is InChI=1S/C11H10FNO4/c12-9-3-2-7(6-8(9)10(14)15)13-4-1-5-17-11(13)16/h2-3,6H,1,4-5H2,(H,14,15). The van der Waals surface area contributed by atoms with Gasteiger partial charge in [-0.25, -0.2) is 14.0 Å². The summed E-state index contributed by atoms with van der Waals surface area (Å²) >= 11 is 0. The fourth-order valence-electron chi connectivity index (χ4n) is 1.63. The van der Waals surface area contributed by atoms with E-state index in [1.54, 1.807) is 0 Å². The lowest BCUT2D eigenvalue weighted by molar-refractivity contribution is 0.0691. The van der Waals surface area contributed by atoms with Crippen molar-refractivity contribution in [3.05, 3.63) is 29.6 Å². The summed E-state index contributed by atoms with van der Waals surface area (Å²) in [5, 5.41) is 8.78. The van der Waals surface area contributed by atoms with Crippen LogP contribution in [0.3, 0.4) is 0 Å². The van der Waals surface area contributed by atoms with Crippen LogP contribution in [0.1, 0.15) is 16.8 Å². The number of anilines is 1. The predicted molar refractivity (Wildman–Crippen MR) is 56.7 cm³/mol. The Hall–Kier alpha value is -2.11. The quantitative estimate of drug-likeness (QED) is 0.855. The minimum absolute atomic E-state index is 0.327. The lowest BCUT2D eigenvalue weighted by Gasteiger charge is -2.26. The summed E-state index contributed by atoms with van der Waals surface area (Å²) in [5.74, 6) is -2.19. The Bertz CT molecular complexity index is 475. The third-order valence-electron chi connectivity index (χ3n) is 2.46. The number of amides is 1. The van der Waals surface area contributed by atoms with Gasteiger partial charge >= 0.3 is 12.1 Å². The molecule has 1 heterocycles. The zero-order valence-corrected chi connectivity index (χ0v) is 8.85. The Morgan fingerprint density at radius 1 is 1.47 bits per heavy atom. The molecule has 1 N–H and O–H groups in total. The number of benzene rings is 1. The van der Waals surface area contributed by atoms with Crippen molar-refractivity contribution in [3.63, 3.8) is 0 Å². The maximum Gasteiger partial charge on any atom is 0.414 e. The molecular formula is C11H10FNO4. The summed E-state index contributed by atoms with van der Waals surface area (Å²) in [7, 11) is 0. The number of carbonyl (C=O) groups excluding carboxylic acids is 1. The molecule has 0 atom stereocenters. The Kier molecular flexibility index (Phi) is 2.95. The molecule has 0 aliphatic carbocycles. The highest BCUT2D eigenvalue weighted by Crippen LogP contribution is 2.21. The van der Waals surface area contributed by atoms with Crippen molar-refractivity contribution in [3.8, 4) is 0 Å². The molecule has 1 fully saturated rings. The van der Waals surface area contributed by atoms with E-state index in [2.05, 4.69) is 0 Å². The molecule has 0 aromatic heterocycles. The fourth-order valence-corrected chi connectivity index (χ4v) is 1.63. The summed E-state index contributed by atoms with van der Waals surface area (Å²) in [5.41, 5.74) is -0.130. The molecule has 0 saturated carbocycles. The van der Waals surface area contributed by atoms with E-state index < -0.39 is 23.4 Å². The monoisotopic (exact) mass is 239 g/mol. The van der Waals surface area contributed by atoms with Gasteiger partial charge in [0.15, 0.2) is 0 Å². The summed E-state index contributed by atoms with van der Waals surface area (Å²) in [6.45, 7) is 0.784. The van der Waals surface area contributed by atoms with E-state index >= 15 is 0 Å².